The van der Waals surface area contributed by atoms with Crippen molar-refractivity contribution in [2.24, 2.45) is 0 Å². The molecule has 4 rings (SSSR count). The van der Waals surface area contributed by atoms with Crippen LogP contribution in [-0.4, -0.2) is 21.7 Å². The van der Waals surface area contributed by atoms with E-state index < -0.39 is 0 Å². The molecule has 5 nitrogen and oxygen atoms in total. The highest BCUT2D eigenvalue weighted by Crippen LogP contribution is 2.33. The van der Waals surface area contributed by atoms with Crippen molar-refractivity contribution in [2.45, 2.75) is 19.4 Å². The Morgan fingerprint density at radius 2 is 2.04 bits per heavy atom. The predicted molar refractivity (Wildman–Crippen MR) is 109 cm³/mol. The average molecular weight is 396 g/mol. The second kappa shape index (κ2) is 7.46. The molecule has 1 N–H and O–H groups in total. The van der Waals surface area contributed by atoms with Gasteiger partial charge in [0.15, 0.2) is 5.13 Å². The molecule has 2 aromatic heterocycles. The summed E-state index contributed by atoms with van der Waals surface area (Å²) in [4.78, 5) is 31.8. The lowest BCUT2D eigenvalue weighted by Gasteiger charge is -2.32. The minimum atomic E-state index is -0.319. The monoisotopic (exact) mass is 395 g/mol. The standard InChI is InChI=1S/C20H17N3O2S2/c1-13(24)23-9-8-14-5-2-3-6-15(14)17(23)11-19(25)22-20-21-16(12-27-20)18-7-4-10-26-18/h2-10,12,17H,11H2,1H3,(H,21,22,25). The average Bonchev–Trinajstić information content (AvgIpc) is 3.33. The van der Waals surface area contributed by atoms with Crippen LogP contribution < -0.4 is 5.32 Å². The van der Waals surface area contributed by atoms with Crippen LogP contribution in [0.25, 0.3) is 16.6 Å². The number of anilines is 1. The molecule has 1 aromatic carbocycles. The van der Waals surface area contributed by atoms with E-state index in [0.29, 0.717) is 5.13 Å². The molecule has 0 aliphatic carbocycles. The van der Waals surface area contributed by atoms with Gasteiger partial charge in [-0.05, 0) is 28.6 Å². The Balaban J connectivity index is 1.51. The number of carbonyl (C=O) groups excluding carboxylic acids is 2. The van der Waals surface area contributed by atoms with Crippen molar-refractivity contribution in [3.63, 3.8) is 0 Å². The van der Waals surface area contributed by atoms with Crippen LogP contribution in [0.1, 0.15) is 30.5 Å². The Kier molecular flexibility index (Phi) is 4.87. The van der Waals surface area contributed by atoms with E-state index in [4.69, 9.17) is 0 Å². The van der Waals surface area contributed by atoms with Crippen molar-refractivity contribution in [1.82, 2.24) is 9.88 Å². The molecule has 0 bridgehead atoms. The molecular formula is C20H17N3O2S2. The Morgan fingerprint density at radius 1 is 1.19 bits per heavy atom. The topological polar surface area (TPSA) is 62.3 Å². The summed E-state index contributed by atoms with van der Waals surface area (Å²) in [6.07, 6.45) is 3.83. The summed E-state index contributed by atoms with van der Waals surface area (Å²) in [5.74, 6) is -0.254. The zero-order valence-corrected chi connectivity index (χ0v) is 16.2. The van der Waals surface area contributed by atoms with E-state index in [1.54, 1.807) is 22.4 Å². The molecule has 27 heavy (non-hydrogen) atoms. The van der Waals surface area contributed by atoms with Crippen molar-refractivity contribution < 1.29 is 9.59 Å². The van der Waals surface area contributed by atoms with Gasteiger partial charge in [-0.1, -0.05) is 30.3 Å². The van der Waals surface area contributed by atoms with Crippen molar-refractivity contribution in [3.8, 4) is 10.6 Å². The number of amides is 2. The third-order valence-corrected chi connectivity index (χ3v) is 6.02. The van der Waals surface area contributed by atoms with Crippen LogP contribution in [0.3, 0.4) is 0 Å². The van der Waals surface area contributed by atoms with Crippen LogP contribution in [-0.2, 0) is 9.59 Å². The van der Waals surface area contributed by atoms with E-state index in [0.717, 1.165) is 21.7 Å². The fraction of sp³-hybridized carbons (Fsp3) is 0.150. The highest BCUT2D eigenvalue weighted by atomic mass is 32.1. The first kappa shape index (κ1) is 17.6. The maximum Gasteiger partial charge on any atom is 0.228 e. The van der Waals surface area contributed by atoms with Gasteiger partial charge in [0.25, 0.3) is 0 Å². The molecule has 136 valence electrons. The minimum Gasteiger partial charge on any atom is -0.311 e. The maximum absolute atomic E-state index is 12.7. The lowest BCUT2D eigenvalue weighted by molar-refractivity contribution is -0.129. The first-order valence-electron chi connectivity index (χ1n) is 8.47. The van der Waals surface area contributed by atoms with Crippen molar-refractivity contribution >= 4 is 45.7 Å². The lowest BCUT2D eigenvalue weighted by atomic mass is 9.93. The quantitative estimate of drug-likeness (QED) is 0.692. The number of carbonyl (C=O) groups is 2. The van der Waals surface area contributed by atoms with E-state index in [2.05, 4.69) is 10.3 Å². The van der Waals surface area contributed by atoms with Crippen LogP contribution >= 0.6 is 22.7 Å². The highest BCUT2D eigenvalue weighted by Gasteiger charge is 2.28. The number of hydrogen-bond donors (Lipinski definition) is 1. The van der Waals surface area contributed by atoms with Gasteiger partial charge in [-0.15, -0.1) is 22.7 Å². The van der Waals surface area contributed by atoms with Crippen LogP contribution in [0, 0.1) is 0 Å². The molecule has 1 aliphatic rings. The molecule has 1 atom stereocenters. The molecular weight excluding hydrogens is 378 g/mol. The molecule has 2 amide bonds. The SMILES string of the molecule is CC(=O)N1C=Cc2ccccc2C1CC(=O)Nc1nc(-c2cccs2)cs1. The van der Waals surface area contributed by atoms with Gasteiger partial charge in [0, 0.05) is 18.5 Å². The fourth-order valence-corrected chi connectivity index (χ4v) is 4.62. The number of nitrogens with one attached hydrogen (secondary N) is 1. The smallest absolute Gasteiger partial charge is 0.228 e. The van der Waals surface area contributed by atoms with Crippen LogP contribution in [0.5, 0.6) is 0 Å². The molecule has 0 radical (unpaired) electrons. The second-order valence-corrected chi connectivity index (χ2v) is 7.96. The molecule has 7 heteroatoms. The normalized spacial score (nSPS) is 15.4. The zero-order chi connectivity index (χ0) is 18.8. The lowest BCUT2D eigenvalue weighted by Crippen LogP contribution is -2.33. The summed E-state index contributed by atoms with van der Waals surface area (Å²) in [7, 11) is 0. The number of hydrogen-bond acceptors (Lipinski definition) is 5. The van der Waals surface area contributed by atoms with E-state index >= 15 is 0 Å². The second-order valence-electron chi connectivity index (χ2n) is 6.15. The van der Waals surface area contributed by atoms with Gasteiger partial charge >= 0.3 is 0 Å². The van der Waals surface area contributed by atoms with Gasteiger partial charge in [0.05, 0.1) is 23.0 Å². The van der Waals surface area contributed by atoms with Gasteiger partial charge in [0.2, 0.25) is 11.8 Å². The Labute approximate surface area is 165 Å². The van der Waals surface area contributed by atoms with Gasteiger partial charge in [0.1, 0.15) is 0 Å². The third-order valence-electron chi connectivity index (χ3n) is 4.37. The molecule has 1 aliphatic heterocycles. The summed E-state index contributed by atoms with van der Waals surface area (Å²) < 4.78 is 0. The van der Waals surface area contributed by atoms with Crippen LogP contribution in [0.15, 0.2) is 53.4 Å². The Bertz CT molecular complexity index is 1010. The molecule has 0 saturated carbocycles. The summed E-state index contributed by atoms with van der Waals surface area (Å²) in [5.41, 5.74) is 2.87. The van der Waals surface area contributed by atoms with E-state index in [1.165, 1.54) is 18.3 Å². The van der Waals surface area contributed by atoms with Crippen molar-refractivity contribution in [1.29, 1.82) is 0 Å². The van der Waals surface area contributed by atoms with Gasteiger partial charge in [-0.25, -0.2) is 4.98 Å². The molecule has 1 unspecified atom stereocenters. The number of nitrogens with zero attached hydrogens (tertiary/aromatic N) is 2. The van der Waals surface area contributed by atoms with Gasteiger partial charge < -0.3 is 10.2 Å². The molecule has 0 fully saturated rings. The van der Waals surface area contributed by atoms with E-state index in [1.807, 2.05) is 53.2 Å². The number of benzene rings is 1. The largest absolute Gasteiger partial charge is 0.311 e. The first-order valence-corrected chi connectivity index (χ1v) is 10.2. The van der Waals surface area contributed by atoms with Crippen molar-refractivity contribution in [3.05, 3.63) is 64.5 Å². The Morgan fingerprint density at radius 3 is 2.81 bits per heavy atom. The molecule has 0 spiro atoms. The number of thiazole rings is 1. The number of rotatable bonds is 4. The van der Waals surface area contributed by atoms with Gasteiger partial charge in [-0.2, -0.15) is 0 Å². The fourth-order valence-electron chi connectivity index (χ4n) is 3.13. The maximum atomic E-state index is 12.7. The molecule has 0 saturated heterocycles. The number of aromatic nitrogens is 1. The summed E-state index contributed by atoms with van der Waals surface area (Å²) in [6.45, 7) is 1.51. The first-order chi connectivity index (χ1) is 13.1. The summed E-state index contributed by atoms with van der Waals surface area (Å²) in [5, 5.41) is 7.37. The van der Waals surface area contributed by atoms with E-state index in [9.17, 15) is 9.59 Å². The number of thiophene rings is 1. The predicted octanol–water partition coefficient (Wildman–Crippen LogP) is 4.77. The van der Waals surface area contributed by atoms with Crippen molar-refractivity contribution in [2.75, 3.05) is 5.32 Å². The van der Waals surface area contributed by atoms with E-state index in [-0.39, 0.29) is 24.3 Å². The zero-order valence-electron chi connectivity index (χ0n) is 14.6. The molecule has 3 heterocycles. The highest BCUT2D eigenvalue weighted by molar-refractivity contribution is 7.16. The molecule has 3 aromatic rings. The number of fused-ring (bicyclic) bond motifs is 1. The van der Waals surface area contributed by atoms with Crippen LogP contribution in [0.2, 0.25) is 0 Å². The minimum absolute atomic E-state index is 0.0900. The third kappa shape index (κ3) is 3.70. The van der Waals surface area contributed by atoms with Gasteiger partial charge in [-0.3, -0.25) is 9.59 Å². The summed E-state index contributed by atoms with van der Waals surface area (Å²) in [6, 6.07) is 11.5. The summed E-state index contributed by atoms with van der Waals surface area (Å²) >= 11 is 3.01. The Hall–Kier alpha value is -2.77. The van der Waals surface area contributed by atoms with Crippen LogP contribution in [0.4, 0.5) is 5.13 Å².